The number of imidazole rings is 1. The zero-order chi connectivity index (χ0) is 13.4. The van der Waals surface area contributed by atoms with Crippen molar-refractivity contribution >= 4 is 11.0 Å². The first kappa shape index (κ1) is 12.0. The van der Waals surface area contributed by atoms with Gasteiger partial charge in [-0.05, 0) is 39.0 Å². The van der Waals surface area contributed by atoms with Gasteiger partial charge in [0.15, 0.2) is 0 Å². The highest BCUT2D eigenvalue weighted by molar-refractivity contribution is 5.80. The minimum Gasteiger partial charge on any atom is -0.321 e. The molecule has 0 atom stereocenters. The third-order valence-electron chi connectivity index (χ3n) is 3.39. The molecule has 0 aliphatic heterocycles. The SMILES string of the molecule is Cc1cccc(-c2nc3ccccc3n2C(C)C)c1. The summed E-state index contributed by atoms with van der Waals surface area (Å²) in [5, 5.41) is 0. The second-order valence-electron chi connectivity index (χ2n) is 5.26. The van der Waals surface area contributed by atoms with E-state index in [1.165, 1.54) is 16.6 Å². The van der Waals surface area contributed by atoms with E-state index in [4.69, 9.17) is 4.98 Å². The molecule has 1 aromatic heterocycles. The van der Waals surface area contributed by atoms with Gasteiger partial charge in [0.2, 0.25) is 0 Å². The van der Waals surface area contributed by atoms with Gasteiger partial charge in [0.25, 0.3) is 0 Å². The number of rotatable bonds is 2. The first-order valence-corrected chi connectivity index (χ1v) is 6.71. The molecule has 0 aliphatic carbocycles. The van der Waals surface area contributed by atoms with Gasteiger partial charge < -0.3 is 4.57 Å². The van der Waals surface area contributed by atoms with Gasteiger partial charge in [-0.1, -0.05) is 35.9 Å². The van der Waals surface area contributed by atoms with Gasteiger partial charge in [-0.2, -0.15) is 0 Å². The van der Waals surface area contributed by atoms with Crippen LogP contribution in [0, 0.1) is 6.92 Å². The topological polar surface area (TPSA) is 17.8 Å². The second kappa shape index (κ2) is 4.54. The highest BCUT2D eigenvalue weighted by Crippen LogP contribution is 2.28. The molecule has 0 fully saturated rings. The second-order valence-corrected chi connectivity index (χ2v) is 5.26. The molecule has 2 aromatic carbocycles. The number of nitrogens with zero attached hydrogens (tertiary/aromatic N) is 2. The molecule has 0 saturated heterocycles. The summed E-state index contributed by atoms with van der Waals surface area (Å²) in [5.41, 5.74) is 4.71. The summed E-state index contributed by atoms with van der Waals surface area (Å²) in [6.07, 6.45) is 0. The lowest BCUT2D eigenvalue weighted by molar-refractivity contribution is 0.624. The standard InChI is InChI=1S/C17H18N2/c1-12(2)19-16-10-5-4-9-15(16)18-17(19)14-8-6-7-13(3)11-14/h4-12H,1-3H3. The number of aryl methyl sites for hydroxylation is 1. The van der Waals surface area contributed by atoms with Crippen molar-refractivity contribution in [1.29, 1.82) is 0 Å². The van der Waals surface area contributed by atoms with Crippen molar-refractivity contribution in [3.05, 3.63) is 54.1 Å². The highest BCUT2D eigenvalue weighted by Gasteiger charge is 2.14. The van der Waals surface area contributed by atoms with Crippen molar-refractivity contribution in [1.82, 2.24) is 9.55 Å². The fourth-order valence-corrected chi connectivity index (χ4v) is 2.55. The molecule has 0 N–H and O–H groups in total. The summed E-state index contributed by atoms with van der Waals surface area (Å²) in [7, 11) is 0. The summed E-state index contributed by atoms with van der Waals surface area (Å²) in [6, 6.07) is 17.3. The summed E-state index contributed by atoms with van der Waals surface area (Å²) < 4.78 is 2.31. The molecule has 0 radical (unpaired) electrons. The third-order valence-corrected chi connectivity index (χ3v) is 3.39. The number of hydrogen-bond donors (Lipinski definition) is 0. The molecular weight excluding hydrogens is 232 g/mol. The fourth-order valence-electron chi connectivity index (χ4n) is 2.55. The van der Waals surface area contributed by atoms with E-state index in [2.05, 4.69) is 67.8 Å². The van der Waals surface area contributed by atoms with Crippen LogP contribution in [0.5, 0.6) is 0 Å². The van der Waals surface area contributed by atoms with Crippen LogP contribution >= 0.6 is 0 Å². The van der Waals surface area contributed by atoms with Crippen LogP contribution in [0.3, 0.4) is 0 Å². The average Bonchev–Trinajstić information content (AvgIpc) is 2.78. The largest absolute Gasteiger partial charge is 0.321 e. The fraction of sp³-hybridized carbons (Fsp3) is 0.235. The number of benzene rings is 2. The molecule has 0 unspecified atom stereocenters. The smallest absolute Gasteiger partial charge is 0.141 e. The van der Waals surface area contributed by atoms with Gasteiger partial charge in [-0.3, -0.25) is 0 Å². The van der Waals surface area contributed by atoms with E-state index in [0.717, 1.165) is 11.3 Å². The summed E-state index contributed by atoms with van der Waals surface area (Å²) in [5.74, 6) is 1.06. The van der Waals surface area contributed by atoms with E-state index in [1.807, 2.05) is 6.07 Å². The Morgan fingerprint density at radius 3 is 2.53 bits per heavy atom. The highest BCUT2D eigenvalue weighted by atomic mass is 15.1. The van der Waals surface area contributed by atoms with Crippen LogP contribution in [-0.2, 0) is 0 Å². The van der Waals surface area contributed by atoms with Gasteiger partial charge in [0.1, 0.15) is 5.82 Å². The van der Waals surface area contributed by atoms with Crippen LogP contribution in [0.2, 0.25) is 0 Å². The Balaban J connectivity index is 2.31. The molecule has 19 heavy (non-hydrogen) atoms. The Labute approximate surface area is 113 Å². The monoisotopic (exact) mass is 250 g/mol. The molecule has 0 spiro atoms. The summed E-state index contributed by atoms with van der Waals surface area (Å²) in [4.78, 5) is 4.81. The first-order valence-electron chi connectivity index (χ1n) is 6.71. The van der Waals surface area contributed by atoms with Crippen LogP contribution in [0.1, 0.15) is 25.5 Å². The average molecular weight is 250 g/mol. The summed E-state index contributed by atoms with van der Waals surface area (Å²) >= 11 is 0. The van der Waals surface area contributed by atoms with Gasteiger partial charge in [-0.25, -0.2) is 4.98 Å². The molecule has 2 heteroatoms. The Bertz CT molecular complexity index is 723. The minimum absolute atomic E-state index is 0.392. The van der Waals surface area contributed by atoms with E-state index >= 15 is 0 Å². The number of para-hydroxylation sites is 2. The number of fused-ring (bicyclic) bond motifs is 1. The Morgan fingerprint density at radius 2 is 1.79 bits per heavy atom. The minimum atomic E-state index is 0.392. The maximum atomic E-state index is 4.81. The van der Waals surface area contributed by atoms with Crippen molar-refractivity contribution in [2.24, 2.45) is 0 Å². The zero-order valence-electron chi connectivity index (χ0n) is 11.6. The van der Waals surface area contributed by atoms with Crippen molar-refractivity contribution in [2.45, 2.75) is 26.8 Å². The van der Waals surface area contributed by atoms with Gasteiger partial charge in [-0.15, -0.1) is 0 Å². The van der Waals surface area contributed by atoms with E-state index in [1.54, 1.807) is 0 Å². The van der Waals surface area contributed by atoms with E-state index in [0.29, 0.717) is 6.04 Å². The molecule has 0 saturated carbocycles. The van der Waals surface area contributed by atoms with E-state index in [-0.39, 0.29) is 0 Å². The summed E-state index contributed by atoms with van der Waals surface area (Å²) in [6.45, 7) is 6.52. The number of hydrogen-bond acceptors (Lipinski definition) is 1. The van der Waals surface area contributed by atoms with Crippen molar-refractivity contribution in [3.63, 3.8) is 0 Å². The molecular formula is C17H18N2. The lowest BCUT2D eigenvalue weighted by Gasteiger charge is -2.13. The lowest BCUT2D eigenvalue weighted by atomic mass is 10.1. The molecule has 2 nitrogen and oxygen atoms in total. The normalized spacial score (nSPS) is 11.4. The van der Waals surface area contributed by atoms with Gasteiger partial charge in [0, 0.05) is 11.6 Å². The van der Waals surface area contributed by atoms with Crippen molar-refractivity contribution in [2.75, 3.05) is 0 Å². The number of aromatic nitrogens is 2. The first-order chi connectivity index (χ1) is 9.16. The van der Waals surface area contributed by atoms with E-state index < -0.39 is 0 Å². The zero-order valence-corrected chi connectivity index (χ0v) is 11.6. The molecule has 0 aliphatic rings. The molecule has 3 rings (SSSR count). The molecule has 0 bridgehead atoms. The Hall–Kier alpha value is -2.09. The van der Waals surface area contributed by atoms with Crippen LogP contribution in [0.4, 0.5) is 0 Å². The van der Waals surface area contributed by atoms with E-state index in [9.17, 15) is 0 Å². The maximum absolute atomic E-state index is 4.81. The van der Waals surface area contributed by atoms with Crippen LogP contribution < -0.4 is 0 Å². The lowest BCUT2D eigenvalue weighted by Crippen LogP contribution is -2.03. The Kier molecular flexibility index (Phi) is 2.86. The van der Waals surface area contributed by atoms with Crippen LogP contribution in [0.25, 0.3) is 22.4 Å². The molecule has 96 valence electrons. The predicted molar refractivity (Wildman–Crippen MR) is 80.3 cm³/mol. The molecule has 1 heterocycles. The van der Waals surface area contributed by atoms with Crippen molar-refractivity contribution < 1.29 is 0 Å². The van der Waals surface area contributed by atoms with Gasteiger partial charge in [0.05, 0.1) is 11.0 Å². The maximum Gasteiger partial charge on any atom is 0.141 e. The van der Waals surface area contributed by atoms with Gasteiger partial charge >= 0.3 is 0 Å². The third kappa shape index (κ3) is 2.03. The van der Waals surface area contributed by atoms with Crippen LogP contribution in [0.15, 0.2) is 48.5 Å². The van der Waals surface area contributed by atoms with Crippen LogP contribution in [-0.4, -0.2) is 9.55 Å². The quantitative estimate of drug-likeness (QED) is 0.650. The molecule has 3 aromatic rings. The Morgan fingerprint density at radius 1 is 1.00 bits per heavy atom. The predicted octanol–water partition coefficient (Wildman–Crippen LogP) is 4.59. The molecule has 0 amide bonds. The van der Waals surface area contributed by atoms with Crippen molar-refractivity contribution in [3.8, 4) is 11.4 Å².